The number of thiazole rings is 1. The molecule has 134 valence electrons. The molecule has 2 aliphatic heterocycles. The van der Waals surface area contributed by atoms with Crippen LogP contribution in [0.1, 0.15) is 34.5 Å². The Labute approximate surface area is 153 Å². The summed E-state index contributed by atoms with van der Waals surface area (Å²) in [7, 11) is 0. The predicted octanol–water partition coefficient (Wildman–Crippen LogP) is 3.11. The molecule has 2 fully saturated rings. The fraction of sp³-hybridized carbons (Fsp3) is 0.579. The number of hydrogen-bond acceptors (Lipinski definition) is 6. The molecule has 0 N–H and O–H groups in total. The number of pyridine rings is 1. The summed E-state index contributed by atoms with van der Waals surface area (Å²) in [5.41, 5.74) is 5.50. The molecule has 0 saturated carbocycles. The number of hydrogen-bond donors (Lipinski definition) is 0. The number of aromatic nitrogens is 2. The van der Waals surface area contributed by atoms with Crippen molar-refractivity contribution < 1.29 is 9.47 Å². The van der Waals surface area contributed by atoms with Gasteiger partial charge in [0.15, 0.2) is 0 Å². The Hall–Kier alpha value is -1.34. The maximum absolute atomic E-state index is 6.19. The lowest BCUT2D eigenvalue weighted by Crippen LogP contribution is -2.65. The Morgan fingerprint density at radius 3 is 3.04 bits per heavy atom. The van der Waals surface area contributed by atoms with Crippen molar-refractivity contribution in [3.8, 4) is 0 Å². The van der Waals surface area contributed by atoms with Gasteiger partial charge in [-0.1, -0.05) is 0 Å². The minimum Gasteiger partial charge on any atom is -0.373 e. The number of nitrogens with zero attached hydrogens (tertiary/aromatic N) is 3. The summed E-state index contributed by atoms with van der Waals surface area (Å²) in [5.74, 6) is 0. The third-order valence-electron chi connectivity index (χ3n) is 5.31. The quantitative estimate of drug-likeness (QED) is 0.821. The first-order chi connectivity index (χ1) is 12.1. The maximum Gasteiger partial charge on any atom is 0.0959 e. The number of ether oxygens (including phenoxy) is 2. The van der Waals surface area contributed by atoms with Crippen LogP contribution in [0.15, 0.2) is 24.0 Å². The van der Waals surface area contributed by atoms with Crippen molar-refractivity contribution in [3.05, 3.63) is 45.7 Å². The summed E-state index contributed by atoms with van der Waals surface area (Å²) in [4.78, 5) is 12.4. The summed E-state index contributed by atoms with van der Waals surface area (Å²) >= 11 is 1.75. The van der Waals surface area contributed by atoms with E-state index in [1.165, 1.54) is 16.0 Å². The van der Waals surface area contributed by atoms with Gasteiger partial charge in [-0.3, -0.25) is 9.88 Å². The van der Waals surface area contributed by atoms with E-state index in [4.69, 9.17) is 9.47 Å². The zero-order valence-corrected chi connectivity index (χ0v) is 15.7. The van der Waals surface area contributed by atoms with Crippen LogP contribution in [0.25, 0.3) is 0 Å². The molecule has 25 heavy (non-hydrogen) atoms. The number of aryl methyl sites for hydroxylation is 2. The van der Waals surface area contributed by atoms with Crippen LogP contribution in [0.4, 0.5) is 0 Å². The maximum atomic E-state index is 6.19. The molecule has 6 heteroatoms. The first-order valence-corrected chi connectivity index (χ1v) is 9.78. The molecule has 0 bridgehead atoms. The van der Waals surface area contributed by atoms with Crippen LogP contribution >= 0.6 is 11.3 Å². The van der Waals surface area contributed by atoms with E-state index < -0.39 is 0 Å². The Morgan fingerprint density at radius 1 is 1.40 bits per heavy atom. The fourth-order valence-electron chi connectivity index (χ4n) is 3.76. The summed E-state index contributed by atoms with van der Waals surface area (Å²) in [6, 6.07) is 2.04. The van der Waals surface area contributed by atoms with Gasteiger partial charge in [0.25, 0.3) is 0 Å². The Bertz CT molecular complexity index is 727. The van der Waals surface area contributed by atoms with Gasteiger partial charge in [-0.25, -0.2) is 4.98 Å². The van der Waals surface area contributed by atoms with Crippen LogP contribution in [-0.4, -0.2) is 46.3 Å². The molecule has 2 saturated heterocycles. The van der Waals surface area contributed by atoms with E-state index in [0.717, 1.165) is 44.8 Å². The topological polar surface area (TPSA) is 47.5 Å². The second-order valence-electron chi connectivity index (χ2n) is 7.27. The summed E-state index contributed by atoms with van der Waals surface area (Å²) in [6.45, 7) is 8.61. The van der Waals surface area contributed by atoms with Crippen LogP contribution < -0.4 is 0 Å². The van der Waals surface area contributed by atoms with E-state index >= 15 is 0 Å². The Morgan fingerprint density at radius 2 is 2.28 bits per heavy atom. The van der Waals surface area contributed by atoms with E-state index in [2.05, 4.69) is 28.7 Å². The van der Waals surface area contributed by atoms with Gasteiger partial charge >= 0.3 is 0 Å². The average molecular weight is 359 g/mol. The molecule has 2 aromatic rings. The van der Waals surface area contributed by atoms with Crippen molar-refractivity contribution in [2.75, 3.05) is 19.7 Å². The molecule has 4 rings (SSSR count). The van der Waals surface area contributed by atoms with Crippen molar-refractivity contribution in [1.29, 1.82) is 0 Å². The molecule has 2 aliphatic rings. The van der Waals surface area contributed by atoms with Gasteiger partial charge in [-0.2, -0.15) is 0 Å². The highest BCUT2D eigenvalue weighted by Crippen LogP contribution is 2.36. The number of rotatable bonds is 5. The smallest absolute Gasteiger partial charge is 0.0959 e. The van der Waals surface area contributed by atoms with Crippen molar-refractivity contribution in [3.63, 3.8) is 0 Å². The molecule has 2 aromatic heterocycles. The molecule has 0 amide bonds. The van der Waals surface area contributed by atoms with Crippen molar-refractivity contribution in [2.45, 2.75) is 51.5 Å². The molecule has 4 heterocycles. The van der Waals surface area contributed by atoms with Gasteiger partial charge in [0.2, 0.25) is 0 Å². The molecular formula is C19H25N3O2S. The van der Waals surface area contributed by atoms with Gasteiger partial charge < -0.3 is 9.47 Å². The largest absolute Gasteiger partial charge is 0.373 e. The lowest BCUT2D eigenvalue weighted by Gasteiger charge is -2.53. The molecule has 1 unspecified atom stereocenters. The summed E-state index contributed by atoms with van der Waals surface area (Å²) in [5, 5.41) is 0. The second-order valence-corrected chi connectivity index (χ2v) is 8.20. The molecule has 1 spiro atoms. The van der Waals surface area contributed by atoms with Gasteiger partial charge in [0.05, 0.1) is 29.5 Å². The zero-order valence-electron chi connectivity index (χ0n) is 14.9. The lowest BCUT2D eigenvalue weighted by atomic mass is 9.84. The molecule has 0 radical (unpaired) electrons. The van der Waals surface area contributed by atoms with E-state index in [1.54, 1.807) is 11.3 Å². The molecule has 5 nitrogen and oxygen atoms in total. The molecular weight excluding hydrogens is 334 g/mol. The average Bonchev–Trinajstić information content (AvgIpc) is 2.98. The lowest BCUT2D eigenvalue weighted by molar-refractivity contribution is -0.200. The SMILES string of the molecule is Cc1ccncc1COC1CCOC2(C1)CN(Cc1scnc1C)C2. The minimum absolute atomic E-state index is 0.00844. The van der Waals surface area contributed by atoms with E-state index in [1.807, 2.05) is 24.0 Å². The van der Waals surface area contributed by atoms with Gasteiger partial charge in [0, 0.05) is 49.9 Å². The van der Waals surface area contributed by atoms with Gasteiger partial charge in [-0.15, -0.1) is 11.3 Å². The highest BCUT2D eigenvalue weighted by atomic mass is 32.1. The summed E-state index contributed by atoms with van der Waals surface area (Å²) in [6.07, 6.45) is 5.99. The zero-order chi connectivity index (χ0) is 17.3. The Balaban J connectivity index is 1.29. The number of likely N-dealkylation sites (tertiary alicyclic amines) is 1. The van der Waals surface area contributed by atoms with E-state index in [9.17, 15) is 0 Å². The fourth-order valence-corrected chi connectivity index (χ4v) is 4.58. The monoisotopic (exact) mass is 359 g/mol. The van der Waals surface area contributed by atoms with Crippen LogP contribution in [0.5, 0.6) is 0 Å². The van der Waals surface area contributed by atoms with Crippen molar-refractivity contribution in [1.82, 2.24) is 14.9 Å². The van der Waals surface area contributed by atoms with Crippen molar-refractivity contribution >= 4 is 11.3 Å². The summed E-state index contributed by atoms with van der Waals surface area (Å²) < 4.78 is 12.3. The van der Waals surface area contributed by atoms with Crippen LogP contribution in [0, 0.1) is 13.8 Å². The third-order valence-corrected chi connectivity index (χ3v) is 6.23. The standard InChI is InChI=1S/C19H25N3O2S/c1-14-3-5-20-8-16(14)10-23-17-4-6-24-19(7-17)11-22(12-19)9-18-15(2)21-13-25-18/h3,5,8,13,17H,4,6-7,9-12H2,1-2H3. The van der Waals surface area contributed by atoms with Gasteiger partial charge in [-0.05, 0) is 37.5 Å². The van der Waals surface area contributed by atoms with E-state index in [-0.39, 0.29) is 11.7 Å². The Kier molecular flexibility index (Phi) is 4.86. The van der Waals surface area contributed by atoms with Crippen molar-refractivity contribution in [2.24, 2.45) is 0 Å². The second kappa shape index (κ2) is 7.11. The van der Waals surface area contributed by atoms with Crippen LogP contribution in [0.2, 0.25) is 0 Å². The molecule has 1 atom stereocenters. The first kappa shape index (κ1) is 17.1. The van der Waals surface area contributed by atoms with E-state index in [0.29, 0.717) is 6.61 Å². The normalized spacial score (nSPS) is 22.9. The highest BCUT2D eigenvalue weighted by Gasteiger charge is 2.47. The first-order valence-electron chi connectivity index (χ1n) is 8.90. The highest BCUT2D eigenvalue weighted by molar-refractivity contribution is 7.09. The predicted molar refractivity (Wildman–Crippen MR) is 97.6 cm³/mol. The van der Waals surface area contributed by atoms with Crippen LogP contribution in [-0.2, 0) is 22.6 Å². The third kappa shape index (κ3) is 3.77. The minimum atomic E-state index is -0.00844. The molecule has 0 aromatic carbocycles. The molecule has 0 aliphatic carbocycles. The van der Waals surface area contributed by atoms with Crippen LogP contribution in [0.3, 0.4) is 0 Å². The van der Waals surface area contributed by atoms with Gasteiger partial charge in [0.1, 0.15) is 0 Å².